The average molecular weight is 215 g/mol. The van der Waals surface area contributed by atoms with Crippen LogP contribution in [0.1, 0.15) is 31.7 Å². The Labute approximate surface area is 96.6 Å². The first kappa shape index (κ1) is 10.9. The largest absolute Gasteiger partial charge is 0.311 e. The summed E-state index contributed by atoms with van der Waals surface area (Å²) in [6.45, 7) is 2.16. The molecule has 0 bridgehead atoms. The van der Waals surface area contributed by atoms with E-state index in [4.69, 9.17) is 0 Å². The van der Waals surface area contributed by atoms with Crippen LogP contribution in [-0.4, -0.2) is 13.0 Å². The van der Waals surface area contributed by atoms with E-state index in [1.54, 1.807) is 4.90 Å². The van der Waals surface area contributed by atoms with E-state index in [1.807, 2.05) is 31.3 Å². The van der Waals surface area contributed by atoms with Crippen molar-refractivity contribution >= 4 is 17.2 Å². The number of rotatable bonds is 3. The molecule has 0 unspecified atom stereocenters. The van der Waals surface area contributed by atoms with E-state index in [-0.39, 0.29) is 5.91 Å². The van der Waals surface area contributed by atoms with E-state index < -0.39 is 0 Å². The molecule has 2 rings (SSSR count). The Hall–Kier alpha value is -1.57. The van der Waals surface area contributed by atoms with Crippen molar-refractivity contribution in [3.05, 3.63) is 35.9 Å². The SMILES string of the molecule is CCCC/C=C1/C(=O)N(C)c2ccccc21. The van der Waals surface area contributed by atoms with E-state index in [0.717, 1.165) is 36.1 Å². The molecule has 0 spiro atoms. The van der Waals surface area contributed by atoms with Gasteiger partial charge in [0.2, 0.25) is 0 Å². The highest BCUT2D eigenvalue weighted by Crippen LogP contribution is 2.35. The fourth-order valence-corrected chi connectivity index (χ4v) is 2.05. The maximum Gasteiger partial charge on any atom is 0.258 e. The van der Waals surface area contributed by atoms with Gasteiger partial charge >= 0.3 is 0 Å². The lowest BCUT2D eigenvalue weighted by atomic mass is 10.1. The van der Waals surface area contributed by atoms with Gasteiger partial charge in [0.05, 0.1) is 5.69 Å². The van der Waals surface area contributed by atoms with Gasteiger partial charge in [0.15, 0.2) is 0 Å². The molecule has 0 atom stereocenters. The van der Waals surface area contributed by atoms with Crippen molar-refractivity contribution in [3.8, 4) is 0 Å². The number of hydrogen-bond donors (Lipinski definition) is 0. The Morgan fingerprint density at radius 3 is 2.81 bits per heavy atom. The van der Waals surface area contributed by atoms with Crippen LogP contribution in [0.2, 0.25) is 0 Å². The third-order valence-electron chi connectivity index (χ3n) is 3.00. The van der Waals surface area contributed by atoms with Crippen molar-refractivity contribution in [2.24, 2.45) is 0 Å². The van der Waals surface area contributed by atoms with Crippen LogP contribution in [0.3, 0.4) is 0 Å². The van der Waals surface area contributed by atoms with Gasteiger partial charge in [-0.15, -0.1) is 0 Å². The molecule has 16 heavy (non-hydrogen) atoms. The molecule has 0 saturated carbocycles. The standard InChI is InChI=1S/C14H17NO/c1-3-4-5-9-12-11-8-6-7-10-13(11)15(2)14(12)16/h6-10H,3-5H2,1-2H3/b12-9+. The molecule has 0 saturated heterocycles. The number of hydrogen-bond acceptors (Lipinski definition) is 1. The van der Waals surface area contributed by atoms with Gasteiger partial charge in [-0.1, -0.05) is 44.0 Å². The highest BCUT2D eigenvalue weighted by atomic mass is 16.2. The average Bonchev–Trinajstić information content (AvgIpc) is 2.55. The Bertz CT molecular complexity index is 434. The van der Waals surface area contributed by atoms with Gasteiger partial charge < -0.3 is 4.90 Å². The minimum Gasteiger partial charge on any atom is -0.311 e. The number of benzene rings is 1. The van der Waals surface area contributed by atoms with Crippen LogP contribution in [0, 0.1) is 0 Å². The van der Waals surface area contributed by atoms with Gasteiger partial charge in [-0.25, -0.2) is 0 Å². The van der Waals surface area contributed by atoms with E-state index >= 15 is 0 Å². The predicted molar refractivity (Wildman–Crippen MR) is 67.4 cm³/mol. The summed E-state index contributed by atoms with van der Waals surface area (Å²) >= 11 is 0. The van der Waals surface area contributed by atoms with E-state index in [9.17, 15) is 4.79 Å². The Balaban J connectivity index is 2.34. The number of fused-ring (bicyclic) bond motifs is 1. The number of likely N-dealkylation sites (N-methyl/N-ethyl adjacent to an activating group) is 1. The van der Waals surface area contributed by atoms with Crippen LogP contribution in [0.25, 0.3) is 5.57 Å². The van der Waals surface area contributed by atoms with Gasteiger partial charge in [0.25, 0.3) is 5.91 Å². The van der Waals surface area contributed by atoms with Crippen molar-refractivity contribution in [2.75, 3.05) is 11.9 Å². The number of para-hydroxylation sites is 1. The van der Waals surface area contributed by atoms with Crippen LogP contribution in [0.5, 0.6) is 0 Å². The van der Waals surface area contributed by atoms with E-state index in [0.29, 0.717) is 0 Å². The molecule has 0 aliphatic carbocycles. The Kier molecular flexibility index (Phi) is 3.09. The lowest BCUT2D eigenvalue weighted by Gasteiger charge is -2.07. The maximum atomic E-state index is 12.0. The topological polar surface area (TPSA) is 20.3 Å². The minimum atomic E-state index is 0.123. The molecule has 1 heterocycles. The third kappa shape index (κ3) is 1.75. The quantitative estimate of drug-likeness (QED) is 0.560. The van der Waals surface area contributed by atoms with Gasteiger partial charge in [-0.2, -0.15) is 0 Å². The number of allylic oxidation sites excluding steroid dienone is 1. The molecule has 0 N–H and O–H groups in total. The lowest BCUT2D eigenvalue weighted by Crippen LogP contribution is -2.20. The minimum absolute atomic E-state index is 0.123. The van der Waals surface area contributed by atoms with Crippen molar-refractivity contribution in [1.29, 1.82) is 0 Å². The smallest absolute Gasteiger partial charge is 0.258 e. The van der Waals surface area contributed by atoms with Gasteiger partial charge in [0.1, 0.15) is 0 Å². The molecule has 1 aliphatic heterocycles. The second-order valence-electron chi connectivity index (χ2n) is 4.14. The van der Waals surface area contributed by atoms with Crippen molar-refractivity contribution < 1.29 is 4.79 Å². The molecule has 0 radical (unpaired) electrons. The first-order valence-corrected chi connectivity index (χ1v) is 5.83. The summed E-state index contributed by atoms with van der Waals surface area (Å²) in [7, 11) is 1.84. The molecule has 0 fully saturated rings. The maximum absolute atomic E-state index is 12.0. The summed E-state index contributed by atoms with van der Waals surface area (Å²) in [4.78, 5) is 13.7. The highest BCUT2D eigenvalue weighted by Gasteiger charge is 2.28. The number of nitrogens with zero attached hydrogens (tertiary/aromatic N) is 1. The van der Waals surface area contributed by atoms with Crippen molar-refractivity contribution in [2.45, 2.75) is 26.2 Å². The van der Waals surface area contributed by atoms with Crippen molar-refractivity contribution in [1.82, 2.24) is 0 Å². The van der Waals surface area contributed by atoms with Crippen LogP contribution in [-0.2, 0) is 4.79 Å². The summed E-state index contributed by atoms with van der Waals surface area (Å²) in [5.74, 6) is 0.123. The summed E-state index contributed by atoms with van der Waals surface area (Å²) in [6, 6.07) is 7.97. The summed E-state index contributed by atoms with van der Waals surface area (Å²) in [6.07, 6.45) is 5.37. The monoisotopic (exact) mass is 215 g/mol. The molecular formula is C14H17NO. The fourth-order valence-electron chi connectivity index (χ4n) is 2.05. The molecule has 1 aromatic carbocycles. The van der Waals surface area contributed by atoms with Crippen LogP contribution in [0.15, 0.2) is 30.3 Å². The number of anilines is 1. The Morgan fingerprint density at radius 2 is 2.06 bits per heavy atom. The normalized spacial score (nSPS) is 17.0. The summed E-state index contributed by atoms with van der Waals surface area (Å²) in [5, 5.41) is 0. The summed E-state index contributed by atoms with van der Waals surface area (Å²) in [5.41, 5.74) is 2.97. The summed E-state index contributed by atoms with van der Waals surface area (Å²) < 4.78 is 0. The van der Waals surface area contributed by atoms with E-state index in [1.165, 1.54) is 0 Å². The van der Waals surface area contributed by atoms with E-state index in [2.05, 4.69) is 13.0 Å². The van der Waals surface area contributed by atoms with Gasteiger partial charge in [-0.3, -0.25) is 4.79 Å². The first-order chi connectivity index (χ1) is 7.75. The van der Waals surface area contributed by atoms with Crippen molar-refractivity contribution in [3.63, 3.8) is 0 Å². The molecule has 2 heteroatoms. The Morgan fingerprint density at radius 1 is 1.31 bits per heavy atom. The molecule has 1 aromatic rings. The number of amides is 1. The molecule has 1 amide bonds. The second-order valence-corrected chi connectivity index (χ2v) is 4.14. The number of carbonyl (C=O) groups is 1. The van der Waals surface area contributed by atoms with Gasteiger partial charge in [0, 0.05) is 18.2 Å². The first-order valence-electron chi connectivity index (χ1n) is 5.83. The van der Waals surface area contributed by atoms with Crippen LogP contribution < -0.4 is 4.90 Å². The molecular weight excluding hydrogens is 198 g/mol. The lowest BCUT2D eigenvalue weighted by molar-refractivity contribution is -0.112. The third-order valence-corrected chi connectivity index (χ3v) is 3.00. The molecule has 2 nitrogen and oxygen atoms in total. The molecule has 0 aromatic heterocycles. The number of unbranched alkanes of at least 4 members (excludes halogenated alkanes) is 2. The van der Waals surface area contributed by atoms with Gasteiger partial charge in [-0.05, 0) is 12.5 Å². The van der Waals surface area contributed by atoms with Crippen LogP contribution >= 0.6 is 0 Å². The van der Waals surface area contributed by atoms with Crippen LogP contribution in [0.4, 0.5) is 5.69 Å². The zero-order valence-electron chi connectivity index (χ0n) is 9.86. The fraction of sp³-hybridized carbons (Fsp3) is 0.357. The zero-order chi connectivity index (χ0) is 11.5. The molecule has 84 valence electrons. The predicted octanol–water partition coefficient (Wildman–Crippen LogP) is 3.24. The zero-order valence-corrected chi connectivity index (χ0v) is 9.86. The highest BCUT2D eigenvalue weighted by molar-refractivity contribution is 6.32. The number of carbonyl (C=O) groups excluding carboxylic acids is 1. The molecule has 1 aliphatic rings. The second kappa shape index (κ2) is 4.52.